The summed E-state index contributed by atoms with van der Waals surface area (Å²) in [5.41, 5.74) is 1.56. The lowest BCUT2D eigenvalue weighted by Gasteiger charge is -2.28. The Kier molecular flexibility index (Phi) is 7.12. The van der Waals surface area contributed by atoms with Crippen LogP contribution in [0.4, 0.5) is 0 Å². The molecule has 2 N–H and O–H groups in total. The van der Waals surface area contributed by atoms with E-state index in [4.69, 9.17) is 14.5 Å². The third kappa shape index (κ3) is 6.43. The van der Waals surface area contributed by atoms with Crippen molar-refractivity contribution in [3.63, 3.8) is 0 Å². The van der Waals surface area contributed by atoms with Crippen LogP contribution in [0.5, 0.6) is 11.5 Å². The van der Waals surface area contributed by atoms with Crippen molar-refractivity contribution >= 4 is 13.8 Å². The summed E-state index contributed by atoms with van der Waals surface area (Å²) in [6.45, 7) is 2.25. The molecule has 29 heavy (non-hydrogen) atoms. The van der Waals surface area contributed by atoms with E-state index in [0.29, 0.717) is 11.7 Å². The molecule has 7 heteroatoms. The average Bonchev–Trinajstić information content (AvgIpc) is 2.69. The number of esters is 1. The summed E-state index contributed by atoms with van der Waals surface area (Å²) in [7, 11) is -4.62. The minimum absolute atomic E-state index is 0.0205. The zero-order chi connectivity index (χ0) is 20.9. The van der Waals surface area contributed by atoms with Gasteiger partial charge in [0, 0.05) is 0 Å². The van der Waals surface area contributed by atoms with Crippen LogP contribution in [-0.4, -0.2) is 15.8 Å². The molecule has 2 aromatic carbocycles. The van der Waals surface area contributed by atoms with E-state index in [9.17, 15) is 9.36 Å². The number of phosphoric ester groups is 1. The van der Waals surface area contributed by atoms with E-state index >= 15 is 0 Å². The van der Waals surface area contributed by atoms with Gasteiger partial charge in [0.05, 0.1) is 5.56 Å². The predicted octanol–water partition coefficient (Wildman–Crippen LogP) is 5.45. The number of ether oxygens (including phenoxy) is 1. The standard InChI is InChI=1S/C22H27O6P/c1-2-3-16-4-6-17(7-5-16)18-8-12-20(13-9-18)27-22(23)19-10-14-21(15-11-19)28-29(24,25)26/h8-17H,2-7H2,1H3,(H2,24,25,26). The summed E-state index contributed by atoms with van der Waals surface area (Å²) in [5, 5.41) is 0. The number of hydrogen-bond acceptors (Lipinski definition) is 4. The highest BCUT2D eigenvalue weighted by Crippen LogP contribution is 2.38. The molecule has 156 valence electrons. The van der Waals surface area contributed by atoms with Crippen molar-refractivity contribution in [2.24, 2.45) is 5.92 Å². The van der Waals surface area contributed by atoms with E-state index in [2.05, 4.69) is 11.4 Å². The van der Waals surface area contributed by atoms with Gasteiger partial charge < -0.3 is 9.26 Å². The molecule has 0 unspecified atom stereocenters. The molecule has 3 rings (SSSR count). The van der Waals surface area contributed by atoms with Gasteiger partial charge in [-0.2, -0.15) is 0 Å². The summed E-state index contributed by atoms with van der Waals surface area (Å²) < 4.78 is 20.7. The molecule has 0 saturated heterocycles. The maximum atomic E-state index is 12.3. The fraction of sp³-hybridized carbons (Fsp3) is 0.409. The summed E-state index contributed by atoms with van der Waals surface area (Å²) >= 11 is 0. The third-order valence-corrected chi connectivity index (χ3v) is 5.87. The summed E-state index contributed by atoms with van der Waals surface area (Å²) in [6, 6.07) is 13.1. The van der Waals surface area contributed by atoms with Crippen molar-refractivity contribution in [1.82, 2.24) is 0 Å². The largest absolute Gasteiger partial charge is 0.524 e. The van der Waals surface area contributed by atoms with Crippen LogP contribution in [0.1, 0.15) is 67.3 Å². The lowest BCUT2D eigenvalue weighted by molar-refractivity contribution is 0.0734. The molecule has 0 aromatic heterocycles. The quantitative estimate of drug-likeness (QED) is 0.353. The molecule has 1 saturated carbocycles. The molecule has 0 radical (unpaired) electrons. The van der Waals surface area contributed by atoms with Crippen molar-refractivity contribution in [2.45, 2.75) is 51.4 Å². The fourth-order valence-corrected chi connectivity index (χ4v) is 4.35. The fourth-order valence-electron chi connectivity index (χ4n) is 3.96. The predicted molar refractivity (Wildman–Crippen MR) is 110 cm³/mol. The molecule has 1 fully saturated rings. The zero-order valence-corrected chi connectivity index (χ0v) is 17.4. The van der Waals surface area contributed by atoms with Crippen molar-refractivity contribution in [3.05, 3.63) is 59.7 Å². The highest BCUT2D eigenvalue weighted by molar-refractivity contribution is 7.46. The lowest BCUT2D eigenvalue weighted by atomic mass is 9.77. The van der Waals surface area contributed by atoms with Crippen LogP contribution in [0.15, 0.2) is 48.5 Å². The van der Waals surface area contributed by atoms with Crippen molar-refractivity contribution in [2.75, 3.05) is 0 Å². The Morgan fingerprint density at radius 3 is 2.10 bits per heavy atom. The van der Waals surface area contributed by atoms with Gasteiger partial charge in [0.25, 0.3) is 0 Å². The van der Waals surface area contributed by atoms with E-state index < -0.39 is 13.8 Å². The molecule has 0 atom stereocenters. The Morgan fingerprint density at radius 2 is 1.55 bits per heavy atom. The molecule has 0 heterocycles. The van der Waals surface area contributed by atoms with E-state index in [1.165, 1.54) is 68.4 Å². The van der Waals surface area contributed by atoms with Gasteiger partial charge in [-0.25, -0.2) is 9.36 Å². The molecule has 0 aliphatic heterocycles. The second kappa shape index (κ2) is 9.57. The second-order valence-electron chi connectivity index (χ2n) is 7.57. The van der Waals surface area contributed by atoms with Gasteiger partial charge in [-0.1, -0.05) is 31.9 Å². The van der Waals surface area contributed by atoms with Crippen LogP contribution in [0, 0.1) is 5.92 Å². The van der Waals surface area contributed by atoms with Gasteiger partial charge in [0.2, 0.25) is 0 Å². The Bertz CT molecular complexity index is 848. The number of carbonyl (C=O) groups is 1. The first-order chi connectivity index (χ1) is 13.8. The van der Waals surface area contributed by atoms with Crippen LogP contribution in [0.2, 0.25) is 0 Å². The van der Waals surface area contributed by atoms with Crippen LogP contribution in [0.25, 0.3) is 0 Å². The van der Waals surface area contributed by atoms with Crippen molar-refractivity contribution in [3.8, 4) is 11.5 Å². The van der Waals surface area contributed by atoms with Crippen LogP contribution in [0.3, 0.4) is 0 Å². The van der Waals surface area contributed by atoms with E-state index in [0.717, 1.165) is 5.92 Å². The zero-order valence-electron chi connectivity index (χ0n) is 16.5. The SMILES string of the molecule is CCCC1CCC(c2ccc(OC(=O)c3ccc(OP(=O)(O)O)cc3)cc2)CC1. The number of hydrogen-bond donors (Lipinski definition) is 2. The van der Waals surface area contributed by atoms with Crippen molar-refractivity contribution in [1.29, 1.82) is 0 Å². The van der Waals surface area contributed by atoms with Crippen LogP contribution in [-0.2, 0) is 4.57 Å². The molecular formula is C22H27O6P. The topological polar surface area (TPSA) is 93.1 Å². The number of benzene rings is 2. The molecule has 1 aliphatic carbocycles. The monoisotopic (exact) mass is 418 g/mol. The molecule has 0 spiro atoms. The average molecular weight is 418 g/mol. The molecule has 6 nitrogen and oxygen atoms in total. The molecule has 1 aliphatic rings. The van der Waals surface area contributed by atoms with Gasteiger partial charge in [0.1, 0.15) is 11.5 Å². The third-order valence-electron chi connectivity index (χ3n) is 5.42. The number of phosphoric acid groups is 1. The molecular weight excluding hydrogens is 391 g/mol. The highest BCUT2D eigenvalue weighted by Gasteiger charge is 2.22. The lowest BCUT2D eigenvalue weighted by Crippen LogP contribution is -2.13. The van der Waals surface area contributed by atoms with Gasteiger partial charge in [-0.15, -0.1) is 0 Å². The Hall–Kier alpha value is -2.14. The Labute approximate surface area is 171 Å². The summed E-state index contributed by atoms with van der Waals surface area (Å²) in [5.74, 6) is 1.35. The van der Waals surface area contributed by atoms with Gasteiger partial charge in [-0.3, -0.25) is 9.79 Å². The minimum atomic E-state index is -4.62. The van der Waals surface area contributed by atoms with Crippen LogP contribution < -0.4 is 9.26 Å². The normalized spacial score (nSPS) is 19.6. The first kappa shape index (κ1) is 21.6. The first-order valence-corrected chi connectivity index (χ1v) is 11.5. The second-order valence-corrected chi connectivity index (χ2v) is 8.73. The van der Waals surface area contributed by atoms with E-state index in [1.807, 2.05) is 24.3 Å². The first-order valence-electron chi connectivity index (χ1n) is 10.0. The number of carbonyl (C=O) groups excluding carboxylic acids is 1. The maximum absolute atomic E-state index is 12.3. The molecule has 0 amide bonds. The van der Waals surface area contributed by atoms with Crippen molar-refractivity contribution < 1.29 is 28.4 Å². The van der Waals surface area contributed by atoms with E-state index in [-0.39, 0.29) is 11.3 Å². The Morgan fingerprint density at radius 1 is 0.966 bits per heavy atom. The van der Waals surface area contributed by atoms with Crippen LogP contribution >= 0.6 is 7.82 Å². The smallest absolute Gasteiger partial charge is 0.423 e. The summed E-state index contributed by atoms with van der Waals surface area (Å²) in [6.07, 6.45) is 7.59. The van der Waals surface area contributed by atoms with E-state index in [1.54, 1.807) is 0 Å². The van der Waals surface area contributed by atoms with Gasteiger partial charge in [-0.05, 0) is 79.5 Å². The number of rotatable bonds is 7. The Balaban J connectivity index is 1.55. The highest BCUT2D eigenvalue weighted by atomic mass is 31.2. The summed E-state index contributed by atoms with van der Waals surface area (Å²) in [4.78, 5) is 29.9. The molecule has 0 bridgehead atoms. The van der Waals surface area contributed by atoms with Gasteiger partial charge >= 0.3 is 13.8 Å². The van der Waals surface area contributed by atoms with Gasteiger partial charge in [0.15, 0.2) is 0 Å². The maximum Gasteiger partial charge on any atom is 0.524 e. The minimum Gasteiger partial charge on any atom is -0.423 e. The molecule has 2 aromatic rings.